The number of rotatable bonds is 3. The zero-order valence-corrected chi connectivity index (χ0v) is 13.3. The first-order valence-electron chi connectivity index (χ1n) is 7.53. The van der Waals surface area contributed by atoms with Gasteiger partial charge in [0.2, 0.25) is 0 Å². The fourth-order valence-electron chi connectivity index (χ4n) is 2.56. The molecule has 3 heterocycles. The van der Waals surface area contributed by atoms with E-state index in [0.717, 1.165) is 0 Å². The van der Waals surface area contributed by atoms with Gasteiger partial charge < -0.3 is 11.1 Å². The molecule has 4 rings (SSSR count). The van der Waals surface area contributed by atoms with Crippen LogP contribution in [-0.4, -0.2) is 24.7 Å². The standard InChI is InChI=1S/C17H11FN8/c18-12-3-1-2-10(7-19)16(12)26-8-11-13(25-26)4-5-21-17(11)24-15-6-14(20)22-9-23-15/h1-6,8-9H,(H3,20,21,22,23,24). The molecule has 8 nitrogen and oxygen atoms in total. The third kappa shape index (κ3) is 2.65. The summed E-state index contributed by atoms with van der Waals surface area (Å²) < 4.78 is 15.6. The number of nitrogen functional groups attached to an aromatic ring is 1. The van der Waals surface area contributed by atoms with Crippen LogP contribution in [0.3, 0.4) is 0 Å². The van der Waals surface area contributed by atoms with Gasteiger partial charge in [-0.15, -0.1) is 0 Å². The van der Waals surface area contributed by atoms with Crippen LogP contribution in [0.2, 0.25) is 0 Å². The second-order valence-electron chi connectivity index (χ2n) is 5.37. The number of nitrogens with two attached hydrogens (primary N) is 1. The molecular formula is C17H11FN8. The minimum Gasteiger partial charge on any atom is -0.384 e. The number of benzene rings is 1. The second-order valence-corrected chi connectivity index (χ2v) is 5.37. The lowest BCUT2D eigenvalue weighted by Crippen LogP contribution is -2.01. The average Bonchev–Trinajstić information content (AvgIpc) is 3.06. The Morgan fingerprint density at radius 2 is 2.08 bits per heavy atom. The average molecular weight is 346 g/mol. The molecule has 26 heavy (non-hydrogen) atoms. The van der Waals surface area contributed by atoms with Gasteiger partial charge in [-0.05, 0) is 18.2 Å². The zero-order chi connectivity index (χ0) is 18.1. The minimum atomic E-state index is -0.539. The largest absolute Gasteiger partial charge is 0.384 e. The molecule has 0 unspecified atom stereocenters. The van der Waals surface area contributed by atoms with E-state index in [4.69, 9.17) is 5.73 Å². The maximum atomic E-state index is 14.3. The molecule has 0 saturated heterocycles. The molecule has 3 N–H and O–H groups in total. The van der Waals surface area contributed by atoms with Crippen molar-refractivity contribution in [3.05, 3.63) is 60.4 Å². The first kappa shape index (κ1) is 15.5. The number of hydrogen-bond acceptors (Lipinski definition) is 7. The lowest BCUT2D eigenvalue weighted by Gasteiger charge is -2.05. The summed E-state index contributed by atoms with van der Waals surface area (Å²) in [6.45, 7) is 0. The van der Waals surface area contributed by atoms with Gasteiger partial charge in [0.25, 0.3) is 0 Å². The molecule has 0 saturated carbocycles. The Bertz CT molecular complexity index is 1160. The van der Waals surface area contributed by atoms with Crippen molar-refractivity contribution in [2.75, 3.05) is 11.1 Å². The maximum Gasteiger partial charge on any atom is 0.150 e. The van der Waals surface area contributed by atoms with Crippen LogP contribution in [0, 0.1) is 17.1 Å². The van der Waals surface area contributed by atoms with Gasteiger partial charge in [-0.25, -0.2) is 24.0 Å². The predicted octanol–water partition coefficient (Wildman–Crippen LogP) is 2.55. The quantitative estimate of drug-likeness (QED) is 0.585. The van der Waals surface area contributed by atoms with E-state index in [1.54, 1.807) is 24.5 Å². The molecule has 0 amide bonds. The predicted molar refractivity (Wildman–Crippen MR) is 93.3 cm³/mol. The molecule has 1 aromatic carbocycles. The van der Waals surface area contributed by atoms with Crippen molar-refractivity contribution in [1.29, 1.82) is 5.26 Å². The molecule has 0 bridgehead atoms. The summed E-state index contributed by atoms with van der Waals surface area (Å²) in [5.41, 5.74) is 6.50. The van der Waals surface area contributed by atoms with E-state index in [-0.39, 0.29) is 11.3 Å². The number of aromatic nitrogens is 5. The van der Waals surface area contributed by atoms with Gasteiger partial charge in [0.1, 0.15) is 41.4 Å². The Hall–Kier alpha value is -4.06. The molecule has 3 aromatic heterocycles. The Balaban J connectivity index is 1.83. The fraction of sp³-hybridized carbons (Fsp3) is 0. The number of fused-ring (bicyclic) bond motifs is 1. The molecule has 0 radical (unpaired) electrons. The van der Waals surface area contributed by atoms with E-state index in [9.17, 15) is 9.65 Å². The molecule has 0 fully saturated rings. The smallest absolute Gasteiger partial charge is 0.150 e. The van der Waals surface area contributed by atoms with Gasteiger partial charge in [-0.3, -0.25) is 0 Å². The highest BCUT2D eigenvalue weighted by Gasteiger charge is 2.15. The van der Waals surface area contributed by atoms with E-state index < -0.39 is 5.82 Å². The van der Waals surface area contributed by atoms with Gasteiger partial charge in [0.15, 0.2) is 0 Å². The third-order valence-corrected chi connectivity index (χ3v) is 3.71. The number of hydrogen-bond donors (Lipinski definition) is 2. The van der Waals surface area contributed by atoms with Crippen LogP contribution in [-0.2, 0) is 0 Å². The molecule has 0 aliphatic rings. The van der Waals surface area contributed by atoms with Crippen LogP contribution in [0.4, 0.5) is 21.8 Å². The molecule has 4 aromatic rings. The maximum absolute atomic E-state index is 14.3. The summed E-state index contributed by atoms with van der Waals surface area (Å²) in [6, 6.07) is 9.53. The zero-order valence-electron chi connectivity index (χ0n) is 13.3. The van der Waals surface area contributed by atoms with E-state index in [2.05, 4.69) is 25.4 Å². The van der Waals surface area contributed by atoms with Gasteiger partial charge >= 0.3 is 0 Å². The van der Waals surface area contributed by atoms with Crippen LogP contribution in [0.1, 0.15) is 5.56 Å². The van der Waals surface area contributed by atoms with Crippen molar-refractivity contribution in [3.63, 3.8) is 0 Å². The molecule has 0 aliphatic heterocycles. The third-order valence-electron chi connectivity index (χ3n) is 3.71. The molecule has 0 atom stereocenters. The van der Waals surface area contributed by atoms with E-state index in [1.165, 1.54) is 29.2 Å². The van der Waals surface area contributed by atoms with Crippen molar-refractivity contribution >= 4 is 28.4 Å². The highest BCUT2D eigenvalue weighted by Crippen LogP contribution is 2.26. The van der Waals surface area contributed by atoms with Crippen molar-refractivity contribution in [2.24, 2.45) is 0 Å². The highest BCUT2D eigenvalue weighted by atomic mass is 19.1. The number of anilines is 3. The lowest BCUT2D eigenvalue weighted by atomic mass is 10.2. The van der Waals surface area contributed by atoms with Gasteiger partial charge in [0, 0.05) is 18.5 Å². The van der Waals surface area contributed by atoms with E-state index in [1.807, 2.05) is 6.07 Å². The second kappa shape index (κ2) is 6.10. The first-order chi connectivity index (χ1) is 12.7. The van der Waals surface area contributed by atoms with Gasteiger partial charge in [0.05, 0.1) is 16.5 Å². The van der Waals surface area contributed by atoms with Crippen LogP contribution in [0.5, 0.6) is 0 Å². The van der Waals surface area contributed by atoms with Crippen molar-refractivity contribution in [2.45, 2.75) is 0 Å². The van der Waals surface area contributed by atoms with Crippen molar-refractivity contribution in [3.8, 4) is 11.8 Å². The number of para-hydroxylation sites is 1. The SMILES string of the molecule is N#Cc1cccc(F)c1-n1cc2c(Nc3cc(N)ncn3)nccc2n1. The minimum absolute atomic E-state index is 0.0865. The Morgan fingerprint density at radius 3 is 2.88 bits per heavy atom. The fourth-order valence-corrected chi connectivity index (χ4v) is 2.56. The molecule has 9 heteroatoms. The highest BCUT2D eigenvalue weighted by molar-refractivity contribution is 5.90. The van der Waals surface area contributed by atoms with Crippen molar-refractivity contribution in [1.82, 2.24) is 24.7 Å². The molecule has 0 spiro atoms. The van der Waals surface area contributed by atoms with Crippen LogP contribution < -0.4 is 11.1 Å². The number of nitrogens with one attached hydrogen (secondary N) is 1. The number of halogens is 1. The number of nitriles is 1. The lowest BCUT2D eigenvalue weighted by molar-refractivity contribution is 0.611. The van der Waals surface area contributed by atoms with Gasteiger partial charge in [-0.1, -0.05) is 6.07 Å². The summed E-state index contributed by atoms with van der Waals surface area (Å²) in [6.07, 6.45) is 4.51. The summed E-state index contributed by atoms with van der Waals surface area (Å²) in [5, 5.41) is 17.3. The van der Waals surface area contributed by atoms with Crippen molar-refractivity contribution < 1.29 is 4.39 Å². The normalized spacial score (nSPS) is 10.6. The summed E-state index contributed by atoms with van der Waals surface area (Å²) in [4.78, 5) is 12.2. The first-order valence-corrected chi connectivity index (χ1v) is 7.53. The van der Waals surface area contributed by atoms with E-state index in [0.29, 0.717) is 28.4 Å². The van der Waals surface area contributed by atoms with Crippen LogP contribution in [0.15, 0.2) is 49.1 Å². The van der Waals surface area contributed by atoms with Gasteiger partial charge in [-0.2, -0.15) is 10.4 Å². The molecule has 0 aliphatic carbocycles. The van der Waals surface area contributed by atoms with Crippen LogP contribution in [0.25, 0.3) is 16.6 Å². The Labute approximate surface area is 146 Å². The Morgan fingerprint density at radius 1 is 1.19 bits per heavy atom. The summed E-state index contributed by atoms with van der Waals surface area (Å²) in [7, 11) is 0. The topological polar surface area (TPSA) is 118 Å². The van der Waals surface area contributed by atoms with E-state index >= 15 is 0 Å². The number of nitrogens with zero attached hydrogens (tertiary/aromatic N) is 6. The Kier molecular flexibility index (Phi) is 3.63. The summed E-state index contributed by atoms with van der Waals surface area (Å²) >= 11 is 0. The monoisotopic (exact) mass is 346 g/mol. The molecular weight excluding hydrogens is 335 g/mol. The molecule has 126 valence electrons. The number of pyridine rings is 1. The summed E-state index contributed by atoms with van der Waals surface area (Å²) in [5.74, 6) is 0.717. The van der Waals surface area contributed by atoms with Crippen LogP contribution >= 0.6 is 0 Å².